The van der Waals surface area contributed by atoms with Gasteiger partial charge in [-0.1, -0.05) is 0 Å². The number of imide groups is 1. The molecule has 0 radical (unpaired) electrons. The van der Waals surface area contributed by atoms with Gasteiger partial charge in [0.2, 0.25) is 5.60 Å². The first-order valence-corrected chi connectivity index (χ1v) is 5.54. The van der Waals surface area contributed by atoms with Gasteiger partial charge in [0.25, 0.3) is 5.91 Å². The van der Waals surface area contributed by atoms with Gasteiger partial charge in [0, 0.05) is 7.11 Å². The molecule has 4 N–H and O–H groups in total. The van der Waals surface area contributed by atoms with Crippen LogP contribution in [0.4, 0.5) is 4.79 Å². The molecule has 1 saturated heterocycles. The number of nitrogens with one attached hydrogen (secondary N) is 1. The minimum absolute atomic E-state index is 0.536. The molecule has 2 aliphatic rings. The van der Waals surface area contributed by atoms with Gasteiger partial charge in [0.05, 0.1) is 12.8 Å². The third kappa shape index (κ3) is 2.05. The van der Waals surface area contributed by atoms with Gasteiger partial charge in [-0.05, 0) is 0 Å². The van der Waals surface area contributed by atoms with Crippen molar-refractivity contribution in [2.24, 2.45) is 4.99 Å². The van der Waals surface area contributed by atoms with Gasteiger partial charge in [-0.3, -0.25) is 10.1 Å². The predicted octanol–water partition coefficient (Wildman–Crippen LogP) is -2.83. The van der Waals surface area contributed by atoms with Crippen molar-refractivity contribution in [1.29, 1.82) is 0 Å². The first kappa shape index (κ1) is 14.0. The van der Waals surface area contributed by atoms with Crippen LogP contribution in [0.5, 0.6) is 0 Å². The van der Waals surface area contributed by atoms with Crippen LogP contribution < -0.4 is 5.32 Å². The molecule has 106 valence electrons. The number of aliphatic imine (C=N–C) groups is 1. The van der Waals surface area contributed by atoms with Crippen LogP contribution >= 0.6 is 0 Å². The predicted molar refractivity (Wildman–Crippen MR) is 59.5 cm³/mol. The summed E-state index contributed by atoms with van der Waals surface area (Å²) in [6.07, 6.45) is -4.26. The number of urea groups is 1. The van der Waals surface area contributed by atoms with Crippen molar-refractivity contribution < 1.29 is 34.4 Å². The molecule has 2 rings (SSSR count). The Balaban J connectivity index is 2.35. The van der Waals surface area contributed by atoms with Gasteiger partial charge < -0.3 is 24.8 Å². The second kappa shape index (κ2) is 4.94. The molecule has 0 aromatic heterocycles. The van der Waals surface area contributed by atoms with E-state index >= 15 is 0 Å². The molecule has 0 saturated carbocycles. The van der Waals surface area contributed by atoms with Gasteiger partial charge in [0.15, 0.2) is 0 Å². The molecule has 9 heteroatoms. The molecular formula is C10H14N2O7. The Hall–Kier alpha value is -1.39. The zero-order valence-electron chi connectivity index (χ0n) is 10.0. The van der Waals surface area contributed by atoms with E-state index in [1.54, 1.807) is 0 Å². The number of nitrogens with zero attached hydrogens (tertiary/aromatic N) is 1. The van der Waals surface area contributed by atoms with Crippen molar-refractivity contribution >= 4 is 18.2 Å². The van der Waals surface area contributed by atoms with Crippen LogP contribution in [0.3, 0.4) is 0 Å². The molecule has 2 aliphatic heterocycles. The standard InChI is InChI=1S/C10H14N2O7/c1-18-10(3-11-9(17)12-8(10)16)7-6(15)5(14)4(2-13)19-7/h3-7,13-15H,2H2,1H3,(H,12,16,17)/t4-,5-,6-,7-,10?/m1/s1. The van der Waals surface area contributed by atoms with Crippen molar-refractivity contribution in [3.05, 3.63) is 0 Å². The van der Waals surface area contributed by atoms with Crippen molar-refractivity contribution in [3.63, 3.8) is 0 Å². The third-order valence-corrected chi connectivity index (χ3v) is 3.25. The molecule has 0 aromatic carbocycles. The lowest BCUT2D eigenvalue weighted by Crippen LogP contribution is -2.63. The lowest BCUT2D eigenvalue weighted by Gasteiger charge is -2.34. The van der Waals surface area contributed by atoms with Crippen LogP contribution in [0, 0.1) is 0 Å². The lowest BCUT2D eigenvalue weighted by molar-refractivity contribution is -0.156. The Kier molecular flexibility index (Phi) is 3.65. The number of aliphatic hydroxyl groups is 3. The fraction of sp³-hybridized carbons (Fsp3) is 0.700. The SMILES string of the molecule is COC1([C@@H]2O[C@H](CO)[C@@H](O)[C@H]2O)C=NC(=O)NC1=O. The second-order valence-electron chi connectivity index (χ2n) is 4.27. The summed E-state index contributed by atoms with van der Waals surface area (Å²) in [7, 11) is 1.18. The van der Waals surface area contributed by atoms with Gasteiger partial charge in [-0.2, -0.15) is 0 Å². The first-order chi connectivity index (χ1) is 8.96. The molecule has 19 heavy (non-hydrogen) atoms. The van der Waals surface area contributed by atoms with E-state index in [4.69, 9.17) is 14.6 Å². The molecular weight excluding hydrogens is 260 g/mol. The maximum absolute atomic E-state index is 11.9. The van der Waals surface area contributed by atoms with Gasteiger partial charge in [-0.15, -0.1) is 0 Å². The van der Waals surface area contributed by atoms with Crippen molar-refractivity contribution in [2.75, 3.05) is 13.7 Å². The average Bonchev–Trinajstić information content (AvgIpc) is 2.68. The highest BCUT2D eigenvalue weighted by Crippen LogP contribution is 2.31. The zero-order chi connectivity index (χ0) is 14.2. The smallest absolute Gasteiger partial charge is 0.347 e. The van der Waals surface area contributed by atoms with Crippen LogP contribution in [-0.2, 0) is 14.3 Å². The molecule has 1 unspecified atom stereocenters. The minimum Gasteiger partial charge on any atom is -0.394 e. The van der Waals surface area contributed by atoms with Crippen LogP contribution in [0.15, 0.2) is 4.99 Å². The van der Waals surface area contributed by atoms with Crippen LogP contribution in [0.25, 0.3) is 0 Å². The van der Waals surface area contributed by atoms with Gasteiger partial charge in [0.1, 0.15) is 24.4 Å². The Labute approximate surface area is 107 Å². The summed E-state index contributed by atoms with van der Waals surface area (Å²) in [5, 5.41) is 30.5. The van der Waals surface area contributed by atoms with Crippen LogP contribution in [0.1, 0.15) is 0 Å². The molecule has 5 atom stereocenters. The maximum Gasteiger partial charge on any atom is 0.347 e. The number of amides is 3. The number of hydrogen-bond acceptors (Lipinski definition) is 7. The number of ether oxygens (including phenoxy) is 2. The van der Waals surface area contributed by atoms with E-state index in [9.17, 15) is 19.8 Å². The summed E-state index contributed by atoms with van der Waals surface area (Å²) in [5.41, 5.74) is -1.84. The molecule has 9 nitrogen and oxygen atoms in total. The quantitative estimate of drug-likeness (QED) is 0.435. The Morgan fingerprint density at radius 1 is 1.47 bits per heavy atom. The van der Waals surface area contributed by atoms with E-state index in [0.29, 0.717) is 0 Å². The zero-order valence-corrected chi connectivity index (χ0v) is 10.0. The number of hydrogen-bond donors (Lipinski definition) is 4. The highest BCUT2D eigenvalue weighted by Gasteiger charge is 2.58. The Morgan fingerprint density at radius 3 is 2.63 bits per heavy atom. The van der Waals surface area contributed by atoms with Crippen molar-refractivity contribution in [1.82, 2.24) is 5.32 Å². The summed E-state index contributed by atoms with van der Waals surface area (Å²) in [6, 6.07) is -0.857. The fourth-order valence-corrected chi connectivity index (χ4v) is 2.16. The second-order valence-corrected chi connectivity index (χ2v) is 4.27. The lowest BCUT2D eigenvalue weighted by atomic mass is 9.90. The summed E-state index contributed by atoms with van der Waals surface area (Å²) in [5.74, 6) is -0.857. The number of methoxy groups -OCH3 is 1. The third-order valence-electron chi connectivity index (χ3n) is 3.25. The Bertz CT molecular complexity index is 426. The topological polar surface area (TPSA) is 138 Å². The monoisotopic (exact) mass is 274 g/mol. The van der Waals surface area contributed by atoms with E-state index in [0.717, 1.165) is 6.21 Å². The van der Waals surface area contributed by atoms with Crippen molar-refractivity contribution in [2.45, 2.75) is 30.0 Å². The molecule has 0 aliphatic carbocycles. The Morgan fingerprint density at radius 2 is 2.16 bits per heavy atom. The largest absolute Gasteiger partial charge is 0.394 e. The van der Waals surface area contributed by atoms with Crippen LogP contribution in [0.2, 0.25) is 0 Å². The first-order valence-electron chi connectivity index (χ1n) is 5.54. The van der Waals surface area contributed by atoms with E-state index in [1.165, 1.54) is 7.11 Å². The average molecular weight is 274 g/mol. The molecule has 1 fully saturated rings. The number of aliphatic hydroxyl groups excluding tert-OH is 3. The van der Waals surface area contributed by atoms with Crippen LogP contribution in [-0.4, -0.2) is 77.2 Å². The fourth-order valence-electron chi connectivity index (χ4n) is 2.16. The van der Waals surface area contributed by atoms with E-state index in [-0.39, 0.29) is 0 Å². The van der Waals surface area contributed by atoms with E-state index < -0.39 is 48.6 Å². The molecule has 0 aromatic rings. The molecule has 0 spiro atoms. The summed E-state index contributed by atoms with van der Waals surface area (Å²) in [4.78, 5) is 26.3. The number of carbonyl (C=O) groups excluding carboxylic acids is 2. The summed E-state index contributed by atoms with van der Waals surface area (Å²) < 4.78 is 10.3. The number of carbonyl (C=O) groups is 2. The molecule has 0 bridgehead atoms. The number of rotatable bonds is 3. The minimum atomic E-state index is -1.84. The highest BCUT2D eigenvalue weighted by molar-refractivity contribution is 6.15. The summed E-state index contributed by atoms with van der Waals surface area (Å²) in [6.45, 7) is -0.536. The highest BCUT2D eigenvalue weighted by atomic mass is 16.6. The summed E-state index contributed by atoms with van der Waals surface area (Å²) >= 11 is 0. The molecule has 3 amide bonds. The van der Waals surface area contributed by atoms with Gasteiger partial charge >= 0.3 is 6.03 Å². The molecule has 2 heterocycles. The normalized spacial score (nSPS) is 42.5. The van der Waals surface area contributed by atoms with E-state index in [2.05, 4.69) is 4.99 Å². The van der Waals surface area contributed by atoms with Crippen molar-refractivity contribution in [3.8, 4) is 0 Å². The van der Waals surface area contributed by atoms with E-state index in [1.807, 2.05) is 5.32 Å². The van der Waals surface area contributed by atoms with Gasteiger partial charge in [-0.25, -0.2) is 9.79 Å². The maximum atomic E-state index is 11.9.